The zero-order valence-electron chi connectivity index (χ0n) is 18.0. The summed E-state index contributed by atoms with van der Waals surface area (Å²) in [6.07, 6.45) is -0.511. The molecule has 7 nitrogen and oxygen atoms in total. The van der Waals surface area contributed by atoms with E-state index in [4.69, 9.17) is 9.47 Å². The normalized spacial score (nSPS) is 10.2. The van der Waals surface area contributed by atoms with Crippen LogP contribution in [0.15, 0.2) is 77.3 Å². The number of ether oxygens (including phenoxy) is 2. The van der Waals surface area contributed by atoms with Crippen LogP contribution in [0.5, 0.6) is 5.75 Å². The molecule has 3 aromatic rings. The average Bonchev–Trinajstić information content (AvgIpc) is 2.79. The van der Waals surface area contributed by atoms with E-state index in [-0.39, 0.29) is 24.8 Å². The molecule has 0 aliphatic heterocycles. The molecule has 0 atom stereocenters. The molecule has 170 valence electrons. The van der Waals surface area contributed by atoms with Crippen molar-refractivity contribution in [3.05, 3.63) is 94.0 Å². The molecular weight excluding hydrogens is 488 g/mol. The molecule has 0 fully saturated rings. The number of rotatable bonds is 8. The highest BCUT2D eigenvalue weighted by Gasteiger charge is 2.09. The first-order chi connectivity index (χ1) is 15.9. The topological polar surface area (TPSA) is 93.7 Å². The smallest absolute Gasteiger partial charge is 0.434 e. The van der Waals surface area contributed by atoms with Gasteiger partial charge in [-0.15, -0.1) is 0 Å². The number of carbonyl (C=O) groups is 3. The Labute approximate surface area is 200 Å². The maximum absolute atomic E-state index is 12.4. The Morgan fingerprint density at radius 1 is 0.909 bits per heavy atom. The first kappa shape index (κ1) is 24.0. The van der Waals surface area contributed by atoms with E-state index >= 15 is 0 Å². The first-order valence-electron chi connectivity index (χ1n) is 10.3. The third kappa shape index (κ3) is 7.76. The van der Waals surface area contributed by atoms with Crippen molar-refractivity contribution in [3.8, 4) is 5.75 Å². The molecule has 2 N–H and O–H groups in total. The van der Waals surface area contributed by atoms with Crippen molar-refractivity contribution in [2.24, 2.45) is 0 Å². The van der Waals surface area contributed by atoms with Crippen LogP contribution in [0.3, 0.4) is 0 Å². The van der Waals surface area contributed by atoms with Crippen LogP contribution >= 0.6 is 15.9 Å². The number of benzene rings is 3. The van der Waals surface area contributed by atoms with E-state index in [1.54, 1.807) is 31.2 Å². The maximum atomic E-state index is 12.4. The molecule has 2 amide bonds. The van der Waals surface area contributed by atoms with Crippen molar-refractivity contribution >= 4 is 39.6 Å². The van der Waals surface area contributed by atoms with Gasteiger partial charge in [0, 0.05) is 22.3 Å². The lowest BCUT2D eigenvalue weighted by Gasteiger charge is -2.09. The highest BCUT2D eigenvalue weighted by atomic mass is 79.9. The summed E-state index contributed by atoms with van der Waals surface area (Å²) in [4.78, 5) is 35.9. The number of amides is 2. The molecule has 0 saturated carbocycles. The van der Waals surface area contributed by atoms with Crippen LogP contribution in [0.1, 0.15) is 28.4 Å². The van der Waals surface area contributed by atoms with Gasteiger partial charge in [-0.1, -0.05) is 40.2 Å². The van der Waals surface area contributed by atoms with Gasteiger partial charge < -0.3 is 20.1 Å². The highest BCUT2D eigenvalue weighted by Crippen LogP contribution is 2.15. The Morgan fingerprint density at radius 3 is 2.30 bits per heavy atom. The predicted octanol–water partition coefficient (Wildman–Crippen LogP) is 5.10. The fourth-order valence-corrected chi connectivity index (χ4v) is 3.39. The zero-order valence-corrected chi connectivity index (χ0v) is 19.6. The SMILES string of the molecule is CCOC(=O)Oc1ccc(C(=O)NCc2ccc(NC(=O)Cc3cccc(Br)c3)cc2)cc1. The molecule has 8 heteroatoms. The van der Waals surface area contributed by atoms with E-state index in [0.29, 0.717) is 23.5 Å². The minimum Gasteiger partial charge on any atom is -0.434 e. The van der Waals surface area contributed by atoms with E-state index < -0.39 is 6.16 Å². The van der Waals surface area contributed by atoms with Crippen LogP contribution < -0.4 is 15.4 Å². The van der Waals surface area contributed by atoms with Crippen LogP contribution in [0.4, 0.5) is 10.5 Å². The summed E-state index contributed by atoms with van der Waals surface area (Å²) in [5.74, 6) is -0.0730. The lowest BCUT2D eigenvalue weighted by Crippen LogP contribution is -2.22. The van der Waals surface area contributed by atoms with Gasteiger partial charge in [-0.25, -0.2) is 4.79 Å². The standard InChI is InChI=1S/C25H23BrN2O5/c1-2-32-25(31)33-22-12-8-19(9-13-22)24(30)27-16-17-6-10-21(11-7-17)28-23(29)15-18-4-3-5-20(26)14-18/h3-14H,2,15-16H2,1H3,(H,27,30)(H,28,29). The molecular formula is C25H23BrN2O5. The van der Waals surface area contributed by atoms with Gasteiger partial charge in [0.1, 0.15) is 5.75 Å². The van der Waals surface area contributed by atoms with Gasteiger partial charge in [0.2, 0.25) is 5.91 Å². The van der Waals surface area contributed by atoms with Gasteiger partial charge >= 0.3 is 6.16 Å². The minimum atomic E-state index is -0.789. The Hall–Kier alpha value is -3.65. The lowest BCUT2D eigenvalue weighted by molar-refractivity contribution is -0.115. The molecule has 0 radical (unpaired) electrons. The second kappa shape index (κ2) is 11.8. The molecule has 3 rings (SSSR count). The van der Waals surface area contributed by atoms with Crippen molar-refractivity contribution in [2.75, 3.05) is 11.9 Å². The molecule has 0 unspecified atom stereocenters. The summed E-state index contributed by atoms with van der Waals surface area (Å²) in [7, 11) is 0. The number of carbonyl (C=O) groups excluding carboxylic acids is 3. The van der Waals surface area contributed by atoms with E-state index in [1.807, 2.05) is 36.4 Å². The fraction of sp³-hybridized carbons (Fsp3) is 0.160. The lowest BCUT2D eigenvalue weighted by atomic mass is 10.1. The Kier molecular flexibility index (Phi) is 8.60. The number of halogens is 1. The molecule has 33 heavy (non-hydrogen) atoms. The second-order valence-corrected chi connectivity index (χ2v) is 7.96. The summed E-state index contributed by atoms with van der Waals surface area (Å²) in [6.45, 7) is 2.23. The number of nitrogens with one attached hydrogen (secondary N) is 2. The highest BCUT2D eigenvalue weighted by molar-refractivity contribution is 9.10. The van der Waals surface area contributed by atoms with Gasteiger partial charge in [-0.3, -0.25) is 9.59 Å². The summed E-state index contributed by atoms with van der Waals surface area (Å²) in [5, 5.41) is 5.70. The van der Waals surface area contributed by atoms with Crippen molar-refractivity contribution < 1.29 is 23.9 Å². The summed E-state index contributed by atoms with van der Waals surface area (Å²) >= 11 is 3.40. The zero-order chi connectivity index (χ0) is 23.6. The van der Waals surface area contributed by atoms with Gasteiger partial charge in [0.25, 0.3) is 5.91 Å². The monoisotopic (exact) mass is 510 g/mol. The Bertz CT molecular complexity index is 1110. The van der Waals surface area contributed by atoms with Crippen LogP contribution in [0, 0.1) is 0 Å². The van der Waals surface area contributed by atoms with E-state index in [1.165, 1.54) is 12.1 Å². The molecule has 0 bridgehead atoms. The largest absolute Gasteiger partial charge is 0.513 e. The number of hydrogen-bond acceptors (Lipinski definition) is 5. The number of hydrogen-bond donors (Lipinski definition) is 2. The third-order valence-corrected chi connectivity index (χ3v) is 5.02. The molecule has 0 aromatic heterocycles. The van der Waals surface area contributed by atoms with Crippen molar-refractivity contribution in [1.82, 2.24) is 5.32 Å². The van der Waals surface area contributed by atoms with Crippen molar-refractivity contribution in [1.29, 1.82) is 0 Å². The summed E-state index contributed by atoms with van der Waals surface area (Å²) in [6, 6.07) is 21.1. The first-order valence-corrected chi connectivity index (χ1v) is 11.1. The molecule has 3 aromatic carbocycles. The van der Waals surface area contributed by atoms with Crippen LogP contribution in [0.25, 0.3) is 0 Å². The summed E-state index contributed by atoms with van der Waals surface area (Å²) in [5.41, 5.74) is 2.92. The molecule has 0 aliphatic carbocycles. The molecule has 0 saturated heterocycles. The van der Waals surface area contributed by atoms with Crippen molar-refractivity contribution in [3.63, 3.8) is 0 Å². The van der Waals surface area contributed by atoms with Crippen molar-refractivity contribution in [2.45, 2.75) is 19.9 Å². The van der Waals surface area contributed by atoms with E-state index in [9.17, 15) is 14.4 Å². The maximum Gasteiger partial charge on any atom is 0.513 e. The second-order valence-electron chi connectivity index (χ2n) is 7.04. The molecule has 0 spiro atoms. The van der Waals surface area contributed by atoms with Gasteiger partial charge in [-0.05, 0) is 66.6 Å². The van der Waals surface area contributed by atoms with E-state index in [0.717, 1.165) is 15.6 Å². The van der Waals surface area contributed by atoms with Gasteiger partial charge in [-0.2, -0.15) is 0 Å². The predicted molar refractivity (Wildman–Crippen MR) is 128 cm³/mol. The van der Waals surface area contributed by atoms with Crippen LogP contribution in [-0.4, -0.2) is 24.6 Å². The van der Waals surface area contributed by atoms with Crippen LogP contribution in [-0.2, 0) is 22.5 Å². The van der Waals surface area contributed by atoms with Gasteiger partial charge in [0.05, 0.1) is 13.0 Å². The summed E-state index contributed by atoms with van der Waals surface area (Å²) < 4.78 is 10.6. The minimum absolute atomic E-state index is 0.107. The average molecular weight is 511 g/mol. The fourth-order valence-electron chi connectivity index (χ4n) is 2.95. The molecule has 0 aliphatic rings. The quantitative estimate of drug-likeness (QED) is 0.325. The van der Waals surface area contributed by atoms with Crippen LogP contribution in [0.2, 0.25) is 0 Å². The molecule has 0 heterocycles. The van der Waals surface area contributed by atoms with Gasteiger partial charge in [0.15, 0.2) is 0 Å². The third-order valence-electron chi connectivity index (χ3n) is 4.52. The Balaban J connectivity index is 1.47. The van der Waals surface area contributed by atoms with E-state index in [2.05, 4.69) is 26.6 Å². The number of anilines is 1. The Morgan fingerprint density at radius 2 is 1.64 bits per heavy atom.